The maximum absolute atomic E-state index is 13.0. The van der Waals surface area contributed by atoms with Crippen LogP contribution < -0.4 is 4.74 Å². The number of benzene rings is 2. The Hall–Kier alpha value is -2.50. The number of nitrogens with one attached hydrogen (secondary N) is 1. The summed E-state index contributed by atoms with van der Waals surface area (Å²) in [7, 11) is 3.55. The van der Waals surface area contributed by atoms with Gasteiger partial charge in [-0.05, 0) is 73.7 Å². The van der Waals surface area contributed by atoms with Crippen LogP contribution >= 0.6 is 11.6 Å². The van der Waals surface area contributed by atoms with Crippen molar-refractivity contribution in [1.82, 2.24) is 14.8 Å². The number of carbonyl (C=O) groups is 1. The second kappa shape index (κ2) is 9.75. The highest BCUT2D eigenvalue weighted by Crippen LogP contribution is 2.23. The number of methoxy groups -OCH3 is 1. The van der Waals surface area contributed by atoms with Gasteiger partial charge in [-0.15, -0.1) is 0 Å². The summed E-state index contributed by atoms with van der Waals surface area (Å²) in [5.74, 6) is 1.32. The molecule has 2 heterocycles. The molecule has 0 spiro atoms. The highest BCUT2D eigenvalue weighted by molar-refractivity contribution is 6.30. The second-order valence-electron chi connectivity index (χ2n) is 8.51. The van der Waals surface area contributed by atoms with Gasteiger partial charge in [0.25, 0.3) is 5.91 Å². The van der Waals surface area contributed by atoms with Gasteiger partial charge in [0.1, 0.15) is 11.4 Å². The minimum atomic E-state index is 0.0356. The first-order valence-corrected chi connectivity index (χ1v) is 11.3. The van der Waals surface area contributed by atoms with E-state index in [0.29, 0.717) is 11.6 Å². The Morgan fingerprint density at radius 2 is 2.03 bits per heavy atom. The van der Waals surface area contributed by atoms with Crippen molar-refractivity contribution >= 4 is 28.4 Å². The number of aromatic nitrogens is 1. The molecule has 0 bridgehead atoms. The van der Waals surface area contributed by atoms with E-state index in [0.717, 1.165) is 54.3 Å². The summed E-state index contributed by atoms with van der Waals surface area (Å²) in [5.41, 5.74) is 2.89. The first kappa shape index (κ1) is 21.7. The van der Waals surface area contributed by atoms with Crippen molar-refractivity contribution < 1.29 is 9.53 Å². The van der Waals surface area contributed by atoms with Crippen molar-refractivity contribution in [3.63, 3.8) is 0 Å². The summed E-state index contributed by atoms with van der Waals surface area (Å²) >= 11 is 5.98. The minimum absolute atomic E-state index is 0.0356. The van der Waals surface area contributed by atoms with E-state index in [4.69, 9.17) is 16.3 Å². The number of carbonyl (C=O) groups excluding carboxylic acids is 1. The fourth-order valence-electron chi connectivity index (χ4n) is 4.47. The predicted octanol–water partition coefficient (Wildman–Crippen LogP) is 4.86. The van der Waals surface area contributed by atoms with Crippen LogP contribution in [0.1, 0.15) is 28.9 Å². The molecular formula is C25H30ClN3O2. The van der Waals surface area contributed by atoms with E-state index in [1.807, 2.05) is 48.3 Å². The predicted molar refractivity (Wildman–Crippen MR) is 126 cm³/mol. The van der Waals surface area contributed by atoms with Gasteiger partial charge in [0.05, 0.1) is 7.11 Å². The number of fused-ring (bicyclic) bond motifs is 1. The third-order valence-corrected chi connectivity index (χ3v) is 6.42. The Morgan fingerprint density at radius 1 is 1.23 bits per heavy atom. The zero-order valence-electron chi connectivity index (χ0n) is 18.2. The van der Waals surface area contributed by atoms with Crippen LogP contribution in [0.4, 0.5) is 0 Å². The Bertz CT molecular complexity index is 1030. The number of ether oxygens (including phenoxy) is 1. The molecular weight excluding hydrogens is 410 g/mol. The monoisotopic (exact) mass is 439 g/mol. The number of piperidine rings is 1. The lowest BCUT2D eigenvalue weighted by Crippen LogP contribution is -2.42. The highest BCUT2D eigenvalue weighted by atomic mass is 35.5. The smallest absolute Gasteiger partial charge is 0.270 e. The Labute approximate surface area is 188 Å². The molecule has 0 radical (unpaired) electrons. The van der Waals surface area contributed by atoms with Gasteiger partial charge in [0.15, 0.2) is 0 Å². The lowest BCUT2D eigenvalue weighted by atomic mass is 9.97. The van der Waals surface area contributed by atoms with Gasteiger partial charge in [0, 0.05) is 42.6 Å². The van der Waals surface area contributed by atoms with E-state index in [9.17, 15) is 4.79 Å². The number of hydrogen-bond donors (Lipinski definition) is 1. The summed E-state index contributed by atoms with van der Waals surface area (Å²) in [6.07, 6.45) is 3.37. The number of hydrogen-bond acceptors (Lipinski definition) is 3. The van der Waals surface area contributed by atoms with Crippen molar-refractivity contribution in [2.75, 3.05) is 40.3 Å². The van der Waals surface area contributed by atoms with Crippen molar-refractivity contribution in [1.29, 1.82) is 0 Å². The van der Waals surface area contributed by atoms with Crippen LogP contribution in [0.2, 0.25) is 5.02 Å². The molecule has 5 nitrogen and oxygen atoms in total. The first-order chi connectivity index (χ1) is 15.0. The number of nitrogens with zero attached hydrogens (tertiary/aromatic N) is 2. The molecule has 0 unspecified atom stereocenters. The summed E-state index contributed by atoms with van der Waals surface area (Å²) in [6, 6.07) is 15.8. The van der Waals surface area contributed by atoms with Gasteiger partial charge in [0.2, 0.25) is 0 Å². The van der Waals surface area contributed by atoms with Crippen LogP contribution in [0.5, 0.6) is 5.75 Å². The van der Waals surface area contributed by atoms with E-state index in [1.54, 1.807) is 7.11 Å². The lowest BCUT2D eigenvalue weighted by Gasteiger charge is -2.34. The maximum atomic E-state index is 13.0. The molecule has 0 aliphatic carbocycles. The normalized spacial score (nSPS) is 17.1. The Kier molecular flexibility index (Phi) is 6.83. The average Bonchev–Trinajstić information content (AvgIpc) is 3.21. The van der Waals surface area contributed by atoms with Gasteiger partial charge in [-0.3, -0.25) is 4.79 Å². The van der Waals surface area contributed by atoms with Crippen LogP contribution in [0.3, 0.4) is 0 Å². The largest absolute Gasteiger partial charge is 0.497 e. The lowest BCUT2D eigenvalue weighted by molar-refractivity contribution is 0.0725. The maximum Gasteiger partial charge on any atom is 0.270 e. The zero-order valence-corrected chi connectivity index (χ0v) is 19.0. The Morgan fingerprint density at radius 3 is 2.81 bits per heavy atom. The topological polar surface area (TPSA) is 48.6 Å². The van der Waals surface area contributed by atoms with Crippen LogP contribution in [0.15, 0.2) is 48.5 Å². The number of halogens is 1. The first-order valence-electron chi connectivity index (χ1n) is 10.9. The summed E-state index contributed by atoms with van der Waals surface area (Å²) < 4.78 is 5.28. The van der Waals surface area contributed by atoms with Gasteiger partial charge in [-0.1, -0.05) is 23.7 Å². The van der Waals surface area contributed by atoms with Gasteiger partial charge in [-0.25, -0.2) is 0 Å². The number of likely N-dealkylation sites (tertiary alicyclic amines) is 1. The van der Waals surface area contributed by atoms with Crippen LogP contribution in [-0.2, 0) is 6.42 Å². The molecule has 0 saturated carbocycles. The van der Waals surface area contributed by atoms with Crippen molar-refractivity contribution in [2.45, 2.75) is 19.3 Å². The van der Waals surface area contributed by atoms with Crippen molar-refractivity contribution in [2.24, 2.45) is 5.92 Å². The fourth-order valence-corrected chi connectivity index (χ4v) is 4.60. The molecule has 1 aliphatic heterocycles. The number of rotatable bonds is 7. The van der Waals surface area contributed by atoms with Crippen LogP contribution in [-0.4, -0.2) is 61.0 Å². The van der Waals surface area contributed by atoms with Gasteiger partial charge in [-0.2, -0.15) is 0 Å². The van der Waals surface area contributed by atoms with E-state index in [-0.39, 0.29) is 5.91 Å². The van der Waals surface area contributed by atoms with E-state index < -0.39 is 0 Å². The molecule has 4 rings (SSSR count). The molecule has 1 atom stereocenters. The standard InChI is InChI=1S/C25H30ClN3O2/c1-28(25(30)24-15-20-14-22(31-2)9-10-23(20)27-24)16-19-4-3-12-29(17-19)13-11-18-5-7-21(26)8-6-18/h5-10,14-15,19,27H,3-4,11-13,16-17H2,1-2H3/t19-/m1/s1. The molecule has 1 N–H and O–H groups in total. The minimum Gasteiger partial charge on any atom is -0.497 e. The highest BCUT2D eigenvalue weighted by Gasteiger charge is 2.23. The van der Waals surface area contributed by atoms with Gasteiger partial charge < -0.3 is 19.5 Å². The number of H-pyrrole nitrogens is 1. The Balaban J connectivity index is 1.32. The molecule has 31 heavy (non-hydrogen) atoms. The molecule has 1 fully saturated rings. The van der Waals surface area contributed by atoms with Gasteiger partial charge >= 0.3 is 0 Å². The van der Waals surface area contributed by atoms with Crippen LogP contribution in [0.25, 0.3) is 10.9 Å². The SMILES string of the molecule is COc1ccc2[nH]c(C(=O)N(C)C[C@H]3CCCN(CCc4ccc(Cl)cc4)C3)cc2c1. The van der Waals surface area contributed by atoms with Crippen LogP contribution in [0, 0.1) is 5.92 Å². The second-order valence-corrected chi connectivity index (χ2v) is 8.94. The molecule has 1 aromatic heterocycles. The van der Waals surface area contributed by atoms with E-state index in [1.165, 1.54) is 18.4 Å². The molecule has 164 valence electrons. The zero-order chi connectivity index (χ0) is 21.8. The molecule has 1 aliphatic rings. The number of amides is 1. The average molecular weight is 440 g/mol. The third kappa shape index (κ3) is 5.41. The summed E-state index contributed by atoms with van der Waals surface area (Å²) in [6.45, 7) is 3.98. The molecule has 1 saturated heterocycles. The molecule has 2 aromatic carbocycles. The molecule has 1 amide bonds. The van der Waals surface area contributed by atoms with Crippen molar-refractivity contribution in [3.05, 3.63) is 64.8 Å². The van der Waals surface area contributed by atoms with E-state index in [2.05, 4.69) is 22.0 Å². The number of aromatic amines is 1. The van der Waals surface area contributed by atoms with Crippen molar-refractivity contribution in [3.8, 4) is 5.75 Å². The third-order valence-electron chi connectivity index (χ3n) is 6.17. The molecule has 3 aromatic rings. The van der Waals surface area contributed by atoms with E-state index >= 15 is 0 Å². The molecule has 6 heteroatoms. The quantitative estimate of drug-likeness (QED) is 0.572. The summed E-state index contributed by atoms with van der Waals surface area (Å²) in [5, 5.41) is 1.77. The fraction of sp³-hybridized carbons (Fsp3) is 0.400. The summed E-state index contributed by atoms with van der Waals surface area (Å²) in [4.78, 5) is 20.6.